The number of carbonyl (C=O) groups excluding carboxylic acids is 1. The molecule has 0 aliphatic carbocycles. The predicted molar refractivity (Wildman–Crippen MR) is 64.9 cm³/mol. The second-order valence-electron chi connectivity index (χ2n) is 4.42. The topological polar surface area (TPSA) is 64.3 Å². The molecule has 0 aromatic heterocycles. The molecule has 0 bridgehead atoms. The fourth-order valence-electron chi connectivity index (χ4n) is 1.01. The summed E-state index contributed by atoms with van der Waals surface area (Å²) in [6, 6.07) is -0.0441. The summed E-state index contributed by atoms with van der Waals surface area (Å²) in [5, 5.41) is 2.73. The summed E-state index contributed by atoms with van der Waals surface area (Å²) in [6.45, 7) is 7.42. The molecule has 5 heteroatoms. The third-order valence-corrected chi connectivity index (χ3v) is 1.83. The monoisotopic (exact) mass is 232 g/mol. The number of carbonyl (C=O) groups is 1. The van der Waals surface area contributed by atoms with E-state index in [0.29, 0.717) is 11.4 Å². The Labute approximate surface area is 96.5 Å². The molecule has 15 heavy (non-hydrogen) atoms. The Morgan fingerprint density at radius 1 is 1.53 bits per heavy atom. The minimum atomic E-state index is -0.481. The number of hydrogen-bond acceptors (Lipinski definition) is 3. The van der Waals surface area contributed by atoms with Crippen LogP contribution in [-0.2, 0) is 4.74 Å². The Bertz CT molecular complexity index is 236. The fraction of sp³-hybridized carbons (Fsp3) is 0.800. The minimum absolute atomic E-state index is 0.0441. The highest BCUT2D eigenvalue weighted by atomic mass is 32.1. The molecular weight excluding hydrogens is 212 g/mol. The lowest BCUT2D eigenvalue weighted by molar-refractivity contribution is 0.0505. The normalized spacial score (nSPS) is 13.1. The summed E-state index contributed by atoms with van der Waals surface area (Å²) in [7, 11) is 0. The fourth-order valence-corrected chi connectivity index (χ4v) is 1.22. The first kappa shape index (κ1) is 14.2. The van der Waals surface area contributed by atoms with E-state index in [0.717, 1.165) is 6.42 Å². The van der Waals surface area contributed by atoms with Gasteiger partial charge in [0, 0.05) is 12.5 Å². The molecule has 0 rings (SSSR count). The van der Waals surface area contributed by atoms with E-state index in [2.05, 4.69) is 5.32 Å². The lowest BCUT2D eigenvalue weighted by atomic mass is 10.1. The summed E-state index contributed by atoms with van der Waals surface area (Å²) in [5.74, 6) is 0. The number of alkyl carbamates (subject to hydrolysis) is 1. The van der Waals surface area contributed by atoms with Crippen molar-refractivity contribution in [3.8, 4) is 0 Å². The third-order valence-electron chi connectivity index (χ3n) is 1.66. The summed E-state index contributed by atoms with van der Waals surface area (Å²) in [4.78, 5) is 11.8. The number of thiocarbonyl (C=S) groups is 1. The Hall–Kier alpha value is -0.840. The number of nitrogens with two attached hydrogens (primary N) is 1. The molecule has 4 nitrogen and oxygen atoms in total. The van der Waals surface area contributed by atoms with Crippen LogP contribution in [-0.4, -0.2) is 22.7 Å². The predicted octanol–water partition coefficient (Wildman–Crippen LogP) is 1.97. The number of ether oxygens (including phenoxy) is 1. The van der Waals surface area contributed by atoms with E-state index in [4.69, 9.17) is 22.7 Å². The molecule has 0 aromatic carbocycles. The third kappa shape index (κ3) is 8.17. The molecule has 0 aromatic rings. The molecule has 0 heterocycles. The van der Waals surface area contributed by atoms with Gasteiger partial charge in [-0.3, -0.25) is 0 Å². The summed E-state index contributed by atoms with van der Waals surface area (Å²) < 4.78 is 5.12. The molecule has 0 aliphatic heterocycles. The second-order valence-corrected chi connectivity index (χ2v) is 4.95. The molecule has 0 aliphatic rings. The van der Waals surface area contributed by atoms with E-state index < -0.39 is 11.7 Å². The van der Waals surface area contributed by atoms with Gasteiger partial charge in [-0.15, -0.1) is 0 Å². The maximum atomic E-state index is 11.4. The molecule has 0 fully saturated rings. The van der Waals surface area contributed by atoms with Crippen LogP contribution in [0.3, 0.4) is 0 Å². The van der Waals surface area contributed by atoms with Crippen molar-refractivity contribution in [2.75, 3.05) is 0 Å². The van der Waals surface area contributed by atoms with Crippen LogP contribution in [0.5, 0.6) is 0 Å². The van der Waals surface area contributed by atoms with Crippen LogP contribution in [0, 0.1) is 0 Å². The average molecular weight is 232 g/mol. The van der Waals surface area contributed by atoms with Crippen LogP contribution >= 0.6 is 12.2 Å². The van der Waals surface area contributed by atoms with Crippen LogP contribution in [0.15, 0.2) is 0 Å². The summed E-state index contributed by atoms with van der Waals surface area (Å²) >= 11 is 4.79. The molecule has 0 saturated carbocycles. The van der Waals surface area contributed by atoms with Crippen molar-refractivity contribution in [2.45, 2.75) is 52.2 Å². The summed E-state index contributed by atoms with van der Waals surface area (Å²) in [6.07, 6.45) is 0.854. The van der Waals surface area contributed by atoms with E-state index in [1.165, 1.54) is 0 Å². The van der Waals surface area contributed by atoms with Crippen LogP contribution in [0.1, 0.15) is 40.5 Å². The van der Waals surface area contributed by atoms with Gasteiger partial charge in [0.05, 0.1) is 4.99 Å². The number of nitrogens with one attached hydrogen (secondary N) is 1. The zero-order valence-corrected chi connectivity index (χ0v) is 10.6. The quantitative estimate of drug-likeness (QED) is 0.727. The maximum absolute atomic E-state index is 11.4. The SMILES string of the molecule is CCC(CC(N)=S)NC(=O)OC(C)(C)C. The largest absolute Gasteiger partial charge is 0.444 e. The van der Waals surface area contributed by atoms with Gasteiger partial charge < -0.3 is 15.8 Å². The number of hydrogen-bond donors (Lipinski definition) is 2. The minimum Gasteiger partial charge on any atom is -0.444 e. The Morgan fingerprint density at radius 2 is 2.07 bits per heavy atom. The van der Waals surface area contributed by atoms with Gasteiger partial charge in [-0.05, 0) is 27.2 Å². The van der Waals surface area contributed by atoms with E-state index in [1.54, 1.807) is 0 Å². The molecule has 1 unspecified atom stereocenters. The van der Waals surface area contributed by atoms with Gasteiger partial charge in [0.2, 0.25) is 0 Å². The van der Waals surface area contributed by atoms with Gasteiger partial charge in [0.25, 0.3) is 0 Å². The average Bonchev–Trinajstić information content (AvgIpc) is 1.98. The van der Waals surface area contributed by atoms with Gasteiger partial charge in [-0.25, -0.2) is 4.79 Å². The van der Waals surface area contributed by atoms with E-state index >= 15 is 0 Å². The highest BCUT2D eigenvalue weighted by Gasteiger charge is 2.18. The van der Waals surface area contributed by atoms with Gasteiger partial charge in [-0.1, -0.05) is 19.1 Å². The maximum Gasteiger partial charge on any atom is 0.407 e. The van der Waals surface area contributed by atoms with Crippen LogP contribution in [0.25, 0.3) is 0 Å². The number of amides is 1. The molecular formula is C10H20N2O2S. The molecule has 88 valence electrons. The molecule has 0 radical (unpaired) electrons. The molecule has 1 amide bonds. The first-order valence-electron chi connectivity index (χ1n) is 5.02. The second kappa shape index (κ2) is 5.90. The smallest absolute Gasteiger partial charge is 0.407 e. The van der Waals surface area contributed by atoms with Gasteiger partial charge >= 0.3 is 6.09 Å². The highest BCUT2D eigenvalue weighted by Crippen LogP contribution is 2.07. The van der Waals surface area contributed by atoms with Crippen molar-refractivity contribution in [3.05, 3.63) is 0 Å². The van der Waals surface area contributed by atoms with Crippen molar-refractivity contribution in [1.29, 1.82) is 0 Å². The van der Waals surface area contributed by atoms with Crippen LogP contribution in [0.2, 0.25) is 0 Å². The Kier molecular flexibility index (Phi) is 5.57. The van der Waals surface area contributed by atoms with Crippen LogP contribution in [0.4, 0.5) is 4.79 Å². The van der Waals surface area contributed by atoms with Crippen LogP contribution < -0.4 is 11.1 Å². The van der Waals surface area contributed by atoms with Crippen molar-refractivity contribution in [2.24, 2.45) is 5.73 Å². The zero-order chi connectivity index (χ0) is 12.1. The lowest BCUT2D eigenvalue weighted by Crippen LogP contribution is -2.40. The van der Waals surface area contributed by atoms with E-state index in [9.17, 15) is 4.79 Å². The Balaban J connectivity index is 4.07. The van der Waals surface area contributed by atoms with E-state index in [-0.39, 0.29) is 6.04 Å². The first-order chi connectivity index (χ1) is 6.74. The Morgan fingerprint density at radius 3 is 2.40 bits per heavy atom. The molecule has 1 atom stereocenters. The van der Waals surface area contributed by atoms with Gasteiger partial charge in [0.15, 0.2) is 0 Å². The van der Waals surface area contributed by atoms with E-state index in [1.807, 2.05) is 27.7 Å². The van der Waals surface area contributed by atoms with Crippen molar-refractivity contribution in [1.82, 2.24) is 5.32 Å². The van der Waals surface area contributed by atoms with Crippen molar-refractivity contribution >= 4 is 23.3 Å². The molecule has 0 saturated heterocycles. The standard InChI is InChI=1S/C10H20N2O2S/c1-5-7(6-8(11)15)12-9(13)14-10(2,3)4/h7H,5-6H2,1-4H3,(H2,11,15)(H,12,13). The van der Waals surface area contributed by atoms with Crippen molar-refractivity contribution in [3.63, 3.8) is 0 Å². The first-order valence-corrected chi connectivity index (χ1v) is 5.43. The highest BCUT2D eigenvalue weighted by molar-refractivity contribution is 7.80. The molecule has 3 N–H and O–H groups in total. The van der Waals surface area contributed by atoms with Gasteiger partial charge in [-0.2, -0.15) is 0 Å². The number of rotatable bonds is 4. The van der Waals surface area contributed by atoms with Gasteiger partial charge in [0.1, 0.15) is 5.60 Å². The molecule has 0 spiro atoms. The lowest BCUT2D eigenvalue weighted by Gasteiger charge is -2.22. The zero-order valence-electron chi connectivity index (χ0n) is 9.79. The van der Waals surface area contributed by atoms with Crippen molar-refractivity contribution < 1.29 is 9.53 Å². The summed E-state index contributed by atoms with van der Waals surface area (Å²) in [5.41, 5.74) is 4.93.